The maximum Gasteiger partial charge on any atom is 0.273 e. The Labute approximate surface area is 160 Å². The van der Waals surface area contributed by atoms with Crippen LogP contribution in [0, 0.1) is 0 Å². The highest BCUT2D eigenvalue weighted by Crippen LogP contribution is 2.44. The predicted octanol–water partition coefficient (Wildman–Crippen LogP) is 2.52. The van der Waals surface area contributed by atoms with Crippen LogP contribution in [0.2, 0.25) is 0 Å². The zero-order valence-electron chi connectivity index (χ0n) is 14.2. The highest BCUT2D eigenvalue weighted by molar-refractivity contribution is 9.10. The first-order chi connectivity index (χ1) is 12.5. The number of carbonyl (C=O) groups is 2. The number of halogens is 1. The number of hydrogen-bond donors (Lipinski definition) is 3. The Balaban J connectivity index is 1.53. The molecule has 2 amide bonds. The fourth-order valence-electron chi connectivity index (χ4n) is 3.12. The molecule has 1 aromatic carbocycles. The average Bonchev–Trinajstić information content (AvgIpc) is 2.59. The summed E-state index contributed by atoms with van der Waals surface area (Å²) >= 11 is 3.41. The van der Waals surface area contributed by atoms with E-state index in [1.165, 1.54) is 12.3 Å². The van der Waals surface area contributed by atoms with Crippen LogP contribution in [0.3, 0.4) is 0 Å². The van der Waals surface area contributed by atoms with Crippen LogP contribution >= 0.6 is 15.9 Å². The number of nitrogens with zero attached hydrogens (tertiary/aromatic N) is 1. The van der Waals surface area contributed by atoms with Crippen molar-refractivity contribution in [2.45, 2.75) is 24.7 Å². The van der Waals surface area contributed by atoms with E-state index in [4.69, 9.17) is 0 Å². The zero-order chi connectivity index (χ0) is 18.6. The van der Waals surface area contributed by atoms with Gasteiger partial charge in [-0.3, -0.25) is 9.59 Å². The molecule has 0 unspecified atom stereocenters. The van der Waals surface area contributed by atoms with E-state index < -0.39 is 11.3 Å². The van der Waals surface area contributed by atoms with Crippen LogP contribution in [-0.4, -0.2) is 35.0 Å². The van der Waals surface area contributed by atoms with Crippen LogP contribution in [-0.2, 0) is 10.2 Å². The summed E-state index contributed by atoms with van der Waals surface area (Å²) in [6.07, 6.45) is 4.12. The quantitative estimate of drug-likeness (QED) is 0.629. The first-order valence-corrected chi connectivity index (χ1v) is 9.29. The van der Waals surface area contributed by atoms with Gasteiger partial charge in [-0.25, -0.2) is 4.98 Å². The molecule has 1 aliphatic carbocycles. The van der Waals surface area contributed by atoms with Gasteiger partial charge >= 0.3 is 0 Å². The van der Waals surface area contributed by atoms with Crippen molar-refractivity contribution in [3.8, 4) is 5.75 Å². The fraction of sp³-hybridized carbons (Fsp3) is 0.316. The molecule has 26 heavy (non-hydrogen) atoms. The first kappa shape index (κ1) is 18.4. The third-order valence-corrected chi connectivity index (χ3v) is 5.26. The Morgan fingerprint density at radius 1 is 1.12 bits per heavy atom. The van der Waals surface area contributed by atoms with Crippen LogP contribution < -0.4 is 10.6 Å². The maximum atomic E-state index is 12.7. The fourth-order valence-corrected chi connectivity index (χ4v) is 3.39. The number of nitrogens with one attached hydrogen (secondary N) is 2. The van der Waals surface area contributed by atoms with Crippen molar-refractivity contribution >= 4 is 27.7 Å². The van der Waals surface area contributed by atoms with Gasteiger partial charge in [-0.1, -0.05) is 34.5 Å². The molecular weight excluding hydrogens is 398 g/mol. The predicted molar refractivity (Wildman–Crippen MR) is 101 cm³/mol. The van der Waals surface area contributed by atoms with Crippen molar-refractivity contribution in [2.75, 3.05) is 13.1 Å². The minimum absolute atomic E-state index is 0.0130. The van der Waals surface area contributed by atoms with Crippen molar-refractivity contribution in [1.29, 1.82) is 0 Å². The van der Waals surface area contributed by atoms with E-state index in [9.17, 15) is 14.7 Å². The highest BCUT2D eigenvalue weighted by Gasteiger charge is 2.45. The van der Waals surface area contributed by atoms with Crippen LogP contribution in [0.15, 0.2) is 47.1 Å². The third-order valence-electron chi connectivity index (χ3n) is 4.74. The number of rotatable bonds is 6. The molecule has 1 fully saturated rings. The number of amides is 2. The summed E-state index contributed by atoms with van der Waals surface area (Å²) < 4.78 is 0.983. The van der Waals surface area contributed by atoms with Gasteiger partial charge in [0.2, 0.25) is 5.91 Å². The van der Waals surface area contributed by atoms with Crippen LogP contribution in [0.25, 0.3) is 0 Å². The zero-order valence-corrected chi connectivity index (χ0v) is 15.8. The Morgan fingerprint density at radius 3 is 2.42 bits per heavy atom. The molecule has 136 valence electrons. The summed E-state index contributed by atoms with van der Waals surface area (Å²) in [5, 5.41) is 15.2. The molecule has 0 radical (unpaired) electrons. The minimum Gasteiger partial charge on any atom is -0.505 e. The van der Waals surface area contributed by atoms with E-state index in [1.54, 1.807) is 6.07 Å². The molecule has 1 saturated carbocycles. The molecule has 1 aromatic heterocycles. The molecule has 3 rings (SSSR count). The monoisotopic (exact) mass is 417 g/mol. The molecule has 0 spiro atoms. The highest BCUT2D eigenvalue weighted by atomic mass is 79.9. The van der Waals surface area contributed by atoms with E-state index in [2.05, 4.69) is 31.5 Å². The lowest BCUT2D eigenvalue weighted by molar-refractivity contribution is -0.129. The summed E-state index contributed by atoms with van der Waals surface area (Å²) in [5.41, 5.74) is 0.528. The summed E-state index contributed by atoms with van der Waals surface area (Å²) in [5.74, 6) is -0.651. The molecule has 0 bridgehead atoms. The lowest BCUT2D eigenvalue weighted by atomic mass is 9.64. The SMILES string of the molecule is O=C(NCCNC(=O)C1(c2ccc(Br)cc2)CCC1)c1ncccc1O. The molecule has 7 heteroatoms. The van der Waals surface area contributed by atoms with Gasteiger partial charge in [0.1, 0.15) is 5.75 Å². The Bertz CT molecular complexity index is 804. The molecule has 6 nitrogen and oxygen atoms in total. The molecule has 1 heterocycles. The van der Waals surface area contributed by atoms with E-state index in [1.807, 2.05) is 24.3 Å². The largest absolute Gasteiger partial charge is 0.505 e. The Kier molecular flexibility index (Phi) is 5.56. The number of aromatic hydroxyl groups is 1. The van der Waals surface area contributed by atoms with E-state index in [0.717, 1.165) is 29.3 Å². The summed E-state index contributed by atoms with van der Waals surface area (Å²) in [6, 6.07) is 10.8. The normalized spacial score (nSPS) is 15.0. The third kappa shape index (κ3) is 3.72. The van der Waals surface area contributed by atoms with Gasteiger partial charge < -0.3 is 15.7 Å². The van der Waals surface area contributed by atoms with Crippen molar-refractivity contribution in [3.05, 3.63) is 58.3 Å². The van der Waals surface area contributed by atoms with Crippen molar-refractivity contribution in [3.63, 3.8) is 0 Å². The molecule has 3 N–H and O–H groups in total. The molecule has 0 saturated heterocycles. The average molecular weight is 418 g/mol. The number of hydrogen-bond acceptors (Lipinski definition) is 4. The van der Waals surface area contributed by atoms with Gasteiger partial charge in [0.05, 0.1) is 5.41 Å². The topological polar surface area (TPSA) is 91.3 Å². The van der Waals surface area contributed by atoms with Gasteiger partial charge in [0.25, 0.3) is 5.91 Å². The molecular formula is C19H20BrN3O3. The van der Waals surface area contributed by atoms with Gasteiger partial charge in [-0.2, -0.15) is 0 Å². The van der Waals surface area contributed by atoms with Crippen molar-refractivity contribution in [2.24, 2.45) is 0 Å². The first-order valence-electron chi connectivity index (χ1n) is 8.49. The van der Waals surface area contributed by atoms with Gasteiger partial charge in [0, 0.05) is 23.8 Å². The van der Waals surface area contributed by atoms with Crippen LogP contribution in [0.4, 0.5) is 0 Å². The maximum absolute atomic E-state index is 12.7. The summed E-state index contributed by atoms with van der Waals surface area (Å²) in [7, 11) is 0. The molecule has 0 aliphatic heterocycles. The number of benzene rings is 1. The number of pyridine rings is 1. The summed E-state index contributed by atoms with van der Waals surface area (Å²) in [4.78, 5) is 28.5. The molecule has 2 aromatic rings. The lowest BCUT2D eigenvalue weighted by Crippen LogP contribution is -2.50. The van der Waals surface area contributed by atoms with E-state index >= 15 is 0 Å². The van der Waals surface area contributed by atoms with Crippen LogP contribution in [0.5, 0.6) is 5.75 Å². The van der Waals surface area contributed by atoms with Gasteiger partial charge in [0.15, 0.2) is 5.69 Å². The van der Waals surface area contributed by atoms with Crippen molar-refractivity contribution < 1.29 is 14.7 Å². The van der Waals surface area contributed by atoms with Crippen LogP contribution in [0.1, 0.15) is 35.3 Å². The second-order valence-electron chi connectivity index (χ2n) is 6.33. The van der Waals surface area contributed by atoms with Gasteiger partial charge in [-0.05, 0) is 42.7 Å². The molecule has 1 aliphatic rings. The van der Waals surface area contributed by atoms with Crippen molar-refractivity contribution in [1.82, 2.24) is 15.6 Å². The lowest BCUT2D eigenvalue weighted by Gasteiger charge is -2.40. The summed E-state index contributed by atoms with van der Waals surface area (Å²) in [6.45, 7) is 0.577. The van der Waals surface area contributed by atoms with E-state index in [0.29, 0.717) is 6.54 Å². The van der Waals surface area contributed by atoms with Gasteiger partial charge in [-0.15, -0.1) is 0 Å². The Morgan fingerprint density at radius 2 is 1.81 bits per heavy atom. The molecule has 0 atom stereocenters. The minimum atomic E-state index is -0.469. The number of aromatic nitrogens is 1. The van der Waals surface area contributed by atoms with E-state index in [-0.39, 0.29) is 23.9 Å². The second-order valence-corrected chi connectivity index (χ2v) is 7.24. The Hall–Kier alpha value is -2.41. The standard InChI is InChI=1S/C19H20BrN3O3/c20-14-6-4-13(5-7-14)19(8-2-9-19)18(26)23-12-11-22-17(25)16-15(24)3-1-10-21-16/h1,3-7,10,24H,2,8-9,11-12H2,(H,22,25)(H,23,26). The smallest absolute Gasteiger partial charge is 0.273 e. The number of carbonyl (C=O) groups excluding carboxylic acids is 2. The second kappa shape index (κ2) is 7.86.